The van der Waals surface area contributed by atoms with Crippen LogP contribution in [0.25, 0.3) is 0 Å². The number of guanidine groups is 1. The lowest BCUT2D eigenvalue weighted by atomic mass is 9.85. The molecule has 1 saturated heterocycles. The van der Waals surface area contributed by atoms with Crippen LogP contribution in [0.15, 0.2) is 21.7 Å². The number of hydrogen-bond acceptors (Lipinski definition) is 6. The second-order valence-electron chi connectivity index (χ2n) is 8.91. The smallest absolute Gasteiger partial charge is 0.233 e. The molecular formula is C22H33IN6O3. The number of allylic oxidation sites excluding steroid dienone is 2. The molecule has 4 atom stereocenters. The number of aliphatic imine (C=N–C) groups is 1. The quantitative estimate of drug-likeness (QED) is 0.120. The van der Waals surface area contributed by atoms with Crippen LogP contribution in [0.5, 0.6) is 0 Å². The Bertz CT molecular complexity index is 853. The van der Waals surface area contributed by atoms with Crippen LogP contribution in [0.2, 0.25) is 0 Å². The van der Waals surface area contributed by atoms with E-state index in [4.69, 9.17) is 4.52 Å². The summed E-state index contributed by atoms with van der Waals surface area (Å²) in [5, 5.41) is 10.5. The van der Waals surface area contributed by atoms with Gasteiger partial charge >= 0.3 is 0 Å². The van der Waals surface area contributed by atoms with Gasteiger partial charge in [-0.3, -0.25) is 19.5 Å². The van der Waals surface area contributed by atoms with Crippen molar-refractivity contribution in [1.82, 2.24) is 25.7 Å². The van der Waals surface area contributed by atoms with Gasteiger partial charge in [0.1, 0.15) is 0 Å². The van der Waals surface area contributed by atoms with E-state index < -0.39 is 0 Å². The fourth-order valence-corrected chi connectivity index (χ4v) is 4.90. The monoisotopic (exact) mass is 556 g/mol. The molecule has 0 aromatic carbocycles. The minimum Gasteiger partial charge on any atom is -0.356 e. The molecule has 0 radical (unpaired) electrons. The first kappa shape index (κ1) is 24.7. The van der Waals surface area contributed by atoms with E-state index in [1.165, 1.54) is 4.90 Å². The van der Waals surface area contributed by atoms with E-state index in [1.54, 1.807) is 7.05 Å². The first-order valence-electron chi connectivity index (χ1n) is 11.3. The molecule has 176 valence electrons. The van der Waals surface area contributed by atoms with Gasteiger partial charge in [0, 0.05) is 39.0 Å². The van der Waals surface area contributed by atoms with E-state index >= 15 is 0 Å². The maximum Gasteiger partial charge on any atom is 0.233 e. The van der Waals surface area contributed by atoms with Crippen LogP contribution in [0.3, 0.4) is 0 Å². The molecule has 2 aliphatic carbocycles. The molecule has 2 bridgehead atoms. The lowest BCUT2D eigenvalue weighted by Crippen LogP contribution is -2.40. The molecule has 1 aromatic heterocycles. The summed E-state index contributed by atoms with van der Waals surface area (Å²) >= 11 is 0. The van der Waals surface area contributed by atoms with Crippen molar-refractivity contribution >= 4 is 41.8 Å². The number of rotatable bonds is 9. The fraction of sp³-hybridized carbons (Fsp3) is 0.682. The minimum absolute atomic E-state index is 0. The highest BCUT2D eigenvalue weighted by atomic mass is 127. The summed E-state index contributed by atoms with van der Waals surface area (Å²) in [7, 11) is 1.72. The first-order chi connectivity index (χ1) is 15.0. The van der Waals surface area contributed by atoms with Gasteiger partial charge in [0.2, 0.25) is 17.7 Å². The van der Waals surface area contributed by atoms with Crippen molar-refractivity contribution in [2.75, 3.05) is 26.7 Å². The molecule has 4 rings (SSSR count). The summed E-state index contributed by atoms with van der Waals surface area (Å²) in [5.74, 6) is 2.71. The van der Waals surface area contributed by atoms with Gasteiger partial charge in [0.05, 0.1) is 11.8 Å². The Hall–Kier alpha value is -1.98. The zero-order valence-electron chi connectivity index (χ0n) is 18.9. The summed E-state index contributed by atoms with van der Waals surface area (Å²) in [6, 6.07) is 0. The summed E-state index contributed by atoms with van der Waals surface area (Å²) in [6.07, 6.45) is 7.47. The summed E-state index contributed by atoms with van der Waals surface area (Å²) in [5.41, 5.74) is 0. The molecule has 1 saturated carbocycles. The number of fused-ring (bicyclic) bond motifs is 5. The van der Waals surface area contributed by atoms with Crippen molar-refractivity contribution in [2.45, 2.75) is 45.4 Å². The van der Waals surface area contributed by atoms with Gasteiger partial charge in [0.15, 0.2) is 11.8 Å². The molecule has 2 heterocycles. The Balaban J connectivity index is 0.00000289. The number of nitrogens with one attached hydrogen (secondary N) is 2. The third-order valence-corrected chi connectivity index (χ3v) is 6.50. The van der Waals surface area contributed by atoms with Crippen molar-refractivity contribution in [3.05, 3.63) is 23.9 Å². The highest BCUT2D eigenvalue weighted by Crippen LogP contribution is 2.52. The SMILES string of the molecule is CN=C(NCCCc1nc(C(C)C)no1)NCCCN1C(=O)C2C3C=CC(C3)C2C1=O.I. The van der Waals surface area contributed by atoms with E-state index in [0.29, 0.717) is 37.8 Å². The topological polar surface area (TPSA) is 113 Å². The minimum atomic E-state index is -0.111. The van der Waals surface area contributed by atoms with E-state index in [0.717, 1.165) is 25.2 Å². The predicted octanol–water partition coefficient (Wildman–Crippen LogP) is 2.11. The van der Waals surface area contributed by atoms with Gasteiger partial charge in [-0.1, -0.05) is 31.2 Å². The van der Waals surface area contributed by atoms with Gasteiger partial charge in [-0.2, -0.15) is 4.98 Å². The van der Waals surface area contributed by atoms with Crippen molar-refractivity contribution < 1.29 is 14.1 Å². The Morgan fingerprint density at radius 1 is 1.16 bits per heavy atom. The van der Waals surface area contributed by atoms with Crippen molar-refractivity contribution in [1.29, 1.82) is 0 Å². The third kappa shape index (κ3) is 4.99. The van der Waals surface area contributed by atoms with E-state index in [2.05, 4.69) is 37.9 Å². The normalized spacial score (nSPS) is 26.1. The highest BCUT2D eigenvalue weighted by Gasteiger charge is 2.58. The van der Waals surface area contributed by atoms with Crippen molar-refractivity contribution in [3.8, 4) is 0 Å². The van der Waals surface area contributed by atoms with Crippen LogP contribution in [0.1, 0.15) is 50.7 Å². The summed E-state index contributed by atoms with van der Waals surface area (Å²) in [6.45, 7) is 5.89. The average Bonchev–Trinajstić information content (AvgIpc) is 3.53. The van der Waals surface area contributed by atoms with Crippen LogP contribution >= 0.6 is 24.0 Å². The fourth-order valence-electron chi connectivity index (χ4n) is 4.90. The Labute approximate surface area is 205 Å². The van der Waals surface area contributed by atoms with Crippen LogP contribution in [0.4, 0.5) is 0 Å². The van der Waals surface area contributed by atoms with Crippen molar-refractivity contribution in [2.24, 2.45) is 28.7 Å². The zero-order chi connectivity index (χ0) is 22.0. The molecule has 3 aliphatic rings. The number of carbonyl (C=O) groups is 2. The second kappa shape index (κ2) is 10.8. The highest BCUT2D eigenvalue weighted by molar-refractivity contribution is 14.0. The van der Waals surface area contributed by atoms with Crippen LogP contribution in [-0.2, 0) is 16.0 Å². The molecule has 10 heteroatoms. The number of aromatic nitrogens is 2. The van der Waals surface area contributed by atoms with Gasteiger partial charge in [0.25, 0.3) is 0 Å². The molecule has 2 fully saturated rings. The standard InChI is InChI=1S/C22H32N6O3.HI/c1-13(2)19-26-16(31-27-19)6-4-9-24-22(23-3)25-10-5-11-28-20(29)17-14-7-8-15(12-14)18(17)21(28)30;/h7-8,13-15,17-18H,4-6,9-12H2,1-3H3,(H2,23,24,25);1H. The summed E-state index contributed by atoms with van der Waals surface area (Å²) in [4.78, 5) is 35.5. The van der Waals surface area contributed by atoms with Gasteiger partial charge in [-0.05, 0) is 31.1 Å². The number of hydrogen-bond donors (Lipinski definition) is 2. The van der Waals surface area contributed by atoms with Crippen LogP contribution in [0, 0.1) is 23.7 Å². The van der Waals surface area contributed by atoms with Gasteiger partial charge < -0.3 is 15.2 Å². The molecular weight excluding hydrogens is 523 g/mol. The third-order valence-electron chi connectivity index (χ3n) is 6.50. The maximum atomic E-state index is 12.7. The maximum absolute atomic E-state index is 12.7. The molecule has 1 aromatic rings. The average molecular weight is 556 g/mol. The van der Waals surface area contributed by atoms with Crippen LogP contribution < -0.4 is 10.6 Å². The lowest BCUT2D eigenvalue weighted by Gasteiger charge is -2.18. The predicted molar refractivity (Wildman–Crippen MR) is 131 cm³/mol. The Morgan fingerprint density at radius 3 is 2.34 bits per heavy atom. The van der Waals surface area contributed by atoms with Crippen LogP contribution in [-0.4, -0.2) is 59.5 Å². The number of aryl methyl sites for hydroxylation is 1. The molecule has 32 heavy (non-hydrogen) atoms. The number of amides is 2. The first-order valence-corrected chi connectivity index (χ1v) is 11.3. The lowest BCUT2D eigenvalue weighted by molar-refractivity contribution is -0.140. The van der Waals surface area contributed by atoms with E-state index in [-0.39, 0.29) is 65.4 Å². The largest absolute Gasteiger partial charge is 0.356 e. The van der Waals surface area contributed by atoms with E-state index in [9.17, 15) is 9.59 Å². The van der Waals surface area contributed by atoms with Crippen molar-refractivity contribution in [3.63, 3.8) is 0 Å². The second-order valence-corrected chi connectivity index (χ2v) is 8.91. The Kier molecular flexibility index (Phi) is 8.29. The number of imide groups is 1. The number of halogens is 1. The number of nitrogens with zero attached hydrogens (tertiary/aromatic N) is 4. The molecule has 9 nitrogen and oxygen atoms in total. The molecule has 0 spiro atoms. The summed E-state index contributed by atoms with van der Waals surface area (Å²) < 4.78 is 5.25. The zero-order valence-corrected chi connectivity index (χ0v) is 21.2. The molecule has 2 N–H and O–H groups in total. The van der Waals surface area contributed by atoms with E-state index in [1.807, 2.05) is 13.8 Å². The number of likely N-dealkylation sites (tertiary alicyclic amines) is 1. The molecule has 1 aliphatic heterocycles. The molecule has 4 unspecified atom stereocenters. The van der Waals surface area contributed by atoms with Gasteiger partial charge in [-0.25, -0.2) is 0 Å². The molecule has 2 amide bonds. The van der Waals surface area contributed by atoms with Gasteiger partial charge in [-0.15, -0.1) is 24.0 Å². The Morgan fingerprint density at radius 2 is 1.78 bits per heavy atom. The number of carbonyl (C=O) groups excluding carboxylic acids is 2.